The standard InChI is InChI=1S/C23H20N2O4S/c1-16-7-12-22(13-17(16)2)30(27,28)25(3)20-8-10-21(11-9-20)29-23(26)19-6-4-5-18(14-19)15-24/h4-14H,1-3H3. The van der Waals surface area contributed by atoms with E-state index in [4.69, 9.17) is 10.00 Å². The third-order valence-corrected chi connectivity index (χ3v) is 6.56. The highest BCUT2D eigenvalue weighted by atomic mass is 32.2. The maximum absolute atomic E-state index is 12.9. The lowest BCUT2D eigenvalue weighted by Crippen LogP contribution is -2.26. The predicted octanol–water partition coefficient (Wildman–Crippen LogP) is 4.22. The lowest BCUT2D eigenvalue weighted by atomic mass is 10.1. The van der Waals surface area contributed by atoms with Gasteiger partial charge in [0.1, 0.15) is 5.75 Å². The number of ether oxygens (including phenoxy) is 1. The fraction of sp³-hybridized carbons (Fsp3) is 0.130. The molecule has 0 aliphatic carbocycles. The Balaban J connectivity index is 1.78. The number of carbonyl (C=O) groups is 1. The fourth-order valence-corrected chi connectivity index (χ4v) is 4.06. The number of hydrogen-bond donors (Lipinski definition) is 0. The smallest absolute Gasteiger partial charge is 0.343 e. The van der Waals surface area contributed by atoms with Crippen molar-refractivity contribution < 1.29 is 17.9 Å². The molecule has 0 heterocycles. The van der Waals surface area contributed by atoms with E-state index >= 15 is 0 Å². The van der Waals surface area contributed by atoms with E-state index in [-0.39, 0.29) is 16.2 Å². The maximum Gasteiger partial charge on any atom is 0.343 e. The monoisotopic (exact) mass is 420 g/mol. The number of sulfonamides is 1. The number of rotatable bonds is 5. The zero-order valence-corrected chi connectivity index (χ0v) is 17.6. The molecule has 0 saturated heterocycles. The molecule has 0 aliphatic rings. The van der Waals surface area contributed by atoms with Crippen LogP contribution in [0.1, 0.15) is 27.0 Å². The quantitative estimate of drug-likeness (QED) is 0.456. The van der Waals surface area contributed by atoms with Crippen molar-refractivity contribution in [2.24, 2.45) is 0 Å². The minimum atomic E-state index is -3.72. The number of nitrogens with zero attached hydrogens (tertiary/aromatic N) is 2. The van der Waals surface area contributed by atoms with Crippen molar-refractivity contribution in [2.45, 2.75) is 18.7 Å². The van der Waals surface area contributed by atoms with Gasteiger partial charge in [0.05, 0.1) is 27.8 Å². The molecule has 30 heavy (non-hydrogen) atoms. The molecule has 0 atom stereocenters. The summed E-state index contributed by atoms with van der Waals surface area (Å²) in [5.74, 6) is -0.334. The van der Waals surface area contributed by atoms with Gasteiger partial charge in [0.2, 0.25) is 0 Å². The van der Waals surface area contributed by atoms with Gasteiger partial charge in [-0.2, -0.15) is 5.26 Å². The Bertz CT molecular complexity index is 1240. The van der Waals surface area contributed by atoms with Crippen molar-refractivity contribution in [3.05, 3.63) is 89.0 Å². The average Bonchev–Trinajstić information content (AvgIpc) is 2.75. The minimum absolute atomic E-state index is 0.209. The lowest BCUT2D eigenvalue weighted by molar-refractivity contribution is 0.0734. The van der Waals surface area contributed by atoms with E-state index in [1.54, 1.807) is 48.5 Å². The third-order valence-electron chi connectivity index (χ3n) is 4.78. The summed E-state index contributed by atoms with van der Waals surface area (Å²) in [6.07, 6.45) is 0. The first-order valence-corrected chi connectivity index (χ1v) is 10.5. The molecular weight excluding hydrogens is 400 g/mol. The summed E-state index contributed by atoms with van der Waals surface area (Å²) >= 11 is 0. The molecule has 0 aromatic heterocycles. The van der Waals surface area contributed by atoms with Crippen LogP contribution >= 0.6 is 0 Å². The SMILES string of the molecule is Cc1ccc(S(=O)(=O)N(C)c2ccc(OC(=O)c3cccc(C#N)c3)cc2)cc1C. The summed E-state index contributed by atoms with van der Waals surface area (Å²) in [6.45, 7) is 3.79. The Hall–Kier alpha value is -3.63. The summed E-state index contributed by atoms with van der Waals surface area (Å²) in [4.78, 5) is 12.5. The number of nitriles is 1. The lowest BCUT2D eigenvalue weighted by Gasteiger charge is -2.20. The normalized spacial score (nSPS) is 10.9. The Morgan fingerprint density at radius 3 is 2.30 bits per heavy atom. The van der Waals surface area contributed by atoms with E-state index in [1.807, 2.05) is 19.9 Å². The summed E-state index contributed by atoms with van der Waals surface area (Å²) < 4.78 is 32.3. The number of hydrogen-bond acceptors (Lipinski definition) is 5. The van der Waals surface area contributed by atoms with Crippen molar-refractivity contribution in [1.82, 2.24) is 0 Å². The molecule has 0 N–H and O–H groups in total. The summed E-state index contributed by atoms with van der Waals surface area (Å²) in [5.41, 5.74) is 2.96. The van der Waals surface area contributed by atoms with Gasteiger partial charge in [-0.05, 0) is 79.6 Å². The number of esters is 1. The molecular formula is C23H20N2O4S. The van der Waals surface area contributed by atoms with Gasteiger partial charge in [-0.25, -0.2) is 13.2 Å². The molecule has 0 amide bonds. The molecule has 6 nitrogen and oxygen atoms in total. The molecule has 0 fully saturated rings. The van der Waals surface area contributed by atoms with Crippen LogP contribution in [0.2, 0.25) is 0 Å². The van der Waals surface area contributed by atoms with Crippen molar-refractivity contribution in [3.63, 3.8) is 0 Å². The number of benzene rings is 3. The van der Waals surface area contributed by atoms with E-state index < -0.39 is 16.0 Å². The topological polar surface area (TPSA) is 87.5 Å². The summed E-state index contributed by atoms with van der Waals surface area (Å²) in [7, 11) is -2.25. The first-order valence-electron chi connectivity index (χ1n) is 9.11. The minimum Gasteiger partial charge on any atom is -0.423 e. The van der Waals surface area contributed by atoms with E-state index in [0.29, 0.717) is 11.3 Å². The van der Waals surface area contributed by atoms with Crippen molar-refractivity contribution in [1.29, 1.82) is 5.26 Å². The van der Waals surface area contributed by atoms with Gasteiger partial charge in [0.25, 0.3) is 10.0 Å². The van der Waals surface area contributed by atoms with Crippen molar-refractivity contribution >= 4 is 21.7 Å². The van der Waals surface area contributed by atoms with E-state index in [0.717, 1.165) is 11.1 Å². The Morgan fingerprint density at radius 1 is 0.967 bits per heavy atom. The molecule has 3 rings (SSSR count). The van der Waals surface area contributed by atoms with Crippen LogP contribution < -0.4 is 9.04 Å². The number of anilines is 1. The zero-order chi connectivity index (χ0) is 21.9. The second-order valence-electron chi connectivity index (χ2n) is 6.79. The zero-order valence-electron chi connectivity index (χ0n) is 16.8. The van der Waals surface area contributed by atoms with Gasteiger partial charge in [0.15, 0.2) is 0 Å². The first kappa shape index (κ1) is 21.1. The molecule has 0 spiro atoms. The predicted molar refractivity (Wildman–Crippen MR) is 114 cm³/mol. The van der Waals surface area contributed by atoms with E-state index in [2.05, 4.69) is 0 Å². The van der Waals surface area contributed by atoms with Gasteiger partial charge >= 0.3 is 5.97 Å². The van der Waals surface area contributed by atoms with Crippen LogP contribution in [0.15, 0.2) is 71.6 Å². The van der Waals surface area contributed by atoms with E-state index in [9.17, 15) is 13.2 Å². The molecule has 0 bridgehead atoms. The van der Waals surface area contributed by atoms with Crippen LogP contribution in [0.25, 0.3) is 0 Å². The number of carbonyl (C=O) groups excluding carboxylic acids is 1. The van der Waals surface area contributed by atoms with Gasteiger partial charge in [-0.15, -0.1) is 0 Å². The largest absolute Gasteiger partial charge is 0.423 e. The Kier molecular flexibility index (Phi) is 5.90. The van der Waals surface area contributed by atoms with Crippen LogP contribution in [-0.2, 0) is 10.0 Å². The van der Waals surface area contributed by atoms with Crippen LogP contribution in [-0.4, -0.2) is 21.4 Å². The molecule has 0 saturated carbocycles. The van der Waals surface area contributed by atoms with Crippen molar-refractivity contribution in [2.75, 3.05) is 11.4 Å². The summed E-state index contributed by atoms with van der Waals surface area (Å²) in [6, 6.07) is 19.3. The number of aryl methyl sites for hydroxylation is 2. The second-order valence-corrected chi connectivity index (χ2v) is 8.76. The fourth-order valence-electron chi connectivity index (χ4n) is 2.78. The first-order chi connectivity index (χ1) is 14.2. The van der Waals surface area contributed by atoms with Crippen LogP contribution in [0.3, 0.4) is 0 Å². The van der Waals surface area contributed by atoms with E-state index in [1.165, 1.54) is 29.6 Å². The highest BCUT2D eigenvalue weighted by molar-refractivity contribution is 7.92. The highest BCUT2D eigenvalue weighted by Crippen LogP contribution is 2.26. The molecule has 0 radical (unpaired) electrons. The van der Waals surface area contributed by atoms with Gasteiger partial charge < -0.3 is 4.74 Å². The second kappa shape index (κ2) is 8.39. The maximum atomic E-state index is 12.9. The van der Waals surface area contributed by atoms with Gasteiger partial charge in [-0.3, -0.25) is 4.31 Å². The molecule has 0 aliphatic heterocycles. The molecule has 152 valence electrons. The highest BCUT2D eigenvalue weighted by Gasteiger charge is 2.22. The Morgan fingerprint density at radius 2 is 1.67 bits per heavy atom. The molecule has 3 aromatic rings. The van der Waals surface area contributed by atoms with Crippen LogP contribution in [0.4, 0.5) is 5.69 Å². The molecule has 0 unspecified atom stereocenters. The third kappa shape index (κ3) is 4.34. The summed E-state index contributed by atoms with van der Waals surface area (Å²) in [5, 5.41) is 8.94. The van der Waals surface area contributed by atoms with Crippen LogP contribution in [0.5, 0.6) is 5.75 Å². The van der Waals surface area contributed by atoms with Gasteiger partial charge in [-0.1, -0.05) is 12.1 Å². The van der Waals surface area contributed by atoms with Crippen LogP contribution in [0, 0.1) is 25.2 Å². The van der Waals surface area contributed by atoms with Gasteiger partial charge in [0, 0.05) is 7.05 Å². The van der Waals surface area contributed by atoms with Crippen molar-refractivity contribution in [3.8, 4) is 11.8 Å². The average molecular weight is 420 g/mol. The Labute approximate surface area is 176 Å². The molecule has 3 aromatic carbocycles. The molecule has 7 heteroatoms.